The minimum atomic E-state index is 0. The van der Waals surface area contributed by atoms with Crippen LogP contribution in [-0.4, -0.2) is 17.7 Å². The molecule has 0 aliphatic heterocycles. The van der Waals surface area contributed by atoms with Crippen molar-refractivity contribution >= 4 is 29.9 Å². The Hall–Kier alpha value is -1.51. The summed E-state index contributed by atoms with van der Waals surface area (Å²) in [5, 5.41) is 10.6. The van der Waals surface area contributed by atoms with Gasteiger partial charge in [0.1, 0.15) is 11.5 Å². The highest BCUT2D eigenvalue weighted by molar-refractivity contribution is 14.0. The number of guanidine groups is 1. The molecule has 0 spiro atoms. The molecule has 0 aliphatic rings. The van der Waals surface area contributed by atoms with Gasteiger partial charge in [0.2, 0.25) is 0 Å². The van der Waals surface area contributed by atoms with Gasteiger partial charge in [0, 0.05) is 18.5 Å². The maximum absolute atomic E-state index is 5.37. The zero-order chi connectivity index (χ0) is 15.8. The number of rotatable bonds is 7. The van der Waals surface area contributed by atoms with E-state index >= 15 is 0 Å². The van der Waals surface area contributed by atoms with Gasteiger partial charge in [-0.1, -0.05) is 19.0 Å². The van der Waals surface area contributed by atoms with E-state index in [-0.39, 0.29) is 24.0 Å². The molecule has 0 aromatic carbocycles. The van der Waals surface area contributed by atoms with Crippen molar-refractivity contribution in [1.29, 1.82) is 0 Å². The monoisotopic (exact) mass is 432 g/mol. The molecule has 0 aliphatic carbocycles. The highest BCUT2D eigenvalue weighted by Gasteiger charge is 2.13. The van der Waals surface area contributed by atoms with Crippen molar-refractivity contribution in [3.05, 3.63) is 41.2 Å². The number of nitrogens with one attached hydrogen (secondary N) is 2. The number of aryl methyl sites for hydroxylation is 2. The van der Waals surface area contributed by atoms with Crippen LogP contribution in [0.2, 0.25) is 0 Å². The van der Waals surface area contributed by atoms with E-state index in [4.69, 9.17) is 8.94 Å². The van der Waals surface area contributed by atoms with Crippen LogP contribution >= 0.6 is 24.0 Å². The largest absolute Gasteiger partial charge is 0.467 e. The molecule has 128 valence electrons. The summed E-state index contributed by atoms with van der Waals surface area (Å²) in [5.41, 5.74) is 2.09. The van der Waals surface area contributed by atoms with E-state index in [2.05, 4.69) is 34.6 Å². The van der Waals surface area contributed by atoms with Gasteiger partial charge >= 0.3 is 0 Å². The average molecular weight is 432 g/mol. The average Bonchev–Trinajstić information content (AvgIpc) is 3.18. The first-order valence-corrected chi connectivity index (χ1v) is 7.79. The summed E-state index contributed by atoms with van der Waals surface area (Å²) >= 11 is 0. The number of nitrogens with zero attached hydrogens (tertiary/aromatic N) is 2. The fourth-order valence-electron chi connectivity index (χ4n) is 2.20. The van der Waals surface area contributed by atoms with Crippen molar-refractivity contribution in [3.63, 3.8) is 0 Å². The summed E-state index contributed by atoms with van der Waals surface area (Å²) in [6, 6.07) is 3.81. The highest BCUT2D eigenvalue weighted by atomic mass is 127. The summed E-state index contributed by atoms with van der Waals surface area (Å²) in [7, 11) is 0. The van der Waals surface area contributed by atoms with Gasteiger partial charge in [-0.2, -0.15) is 0 Å². The number of hydrogen-bond donors (Lipinski definition) is 2. The third-order valence-corrected chi connectivity index (χ3v) is 3.36. The number of furan rings is 1. The van der Waals surface area contributed by atoms with Crippen LogP contribution < -0.4 is 10.6 Å². The molecule has 0 atom stereocenters. The molecule has 0 unspecified atom stereocenters. The van der Waals surface area contributed by atoms with Crippen LogP contribution in [-0.2, 0) is 25.9 Å². The van der Waals surface area contributed by atoms with Gasteiger partial charge in [0.15, 0.2) is 5.96 Å². The molecule has 2 heterocycles. The first-order valence-electron chi connectivity index (χ1n) is 7.79. The molecular formula is C16H25IN4O2. The lowest BCUT2D eigenvalue weighted by molar-refractivity contribution is 0.380. The van der Waals surface area contributed by atoms with Crippen molar-refractivity contribution in [1.82, 2.24) is 15.8 Å². The van der Waals surface area contributed by atoms with Gasteiger partial charge in [-0.15, -0.1) is 24.0 Å². The maximum atomic E-state index is 5.37. The molecule has 6 nitrogen and oxygen atoms in total. The van der Waals surface area contributed by atoms with Gasteiger partial charge in [0.05, 0.1) is 25.0 Å². The molecule has 2 N–H and O–H groups in total. The smallest absolute Gasteiger partial charge is 0.191 e. The quantitative estimate of drug-likeness (QED) is 0.399. The first kappa shape index (κ1) is 19.5. The van der Waals surface area contributed by atoms with Gasteiger partial charge < -0.3 is 19.6 Å². The Kier molecular flexibility index (Phi) is 8.75. The van der Waals surface area contributed by atoms with E-state index in [9.17, 15) is 0 Å². The molecule has 0 amide bonds. The number of halogens is 1. The van der Waals surface area contributed by atoms with Gasteiger partial charge in [-0.25, -0.2) is 4.99 Å². The minimum absolute atomic E-state index is 0. The number of aliphatic imine (C=N–C) groups is 1. The number of hydrogen-bond acceptors (Lipinski definition) is 4. The lowest BCUT2D eigenvalue weighted by Crippen LogP contribution is -2.36. The van der Waals surface area contributed by atoms with E-state index < -0.39 is 0 Å². The SMILES string of the molecule is CCNC(=NCc1c(CC)noc1CC)NCc1ccco1.I. The summed E-state index contributed by atoms with van der Waals surface area (Å²) in [4.78, 5) is 4.63. The second-order valence-corrected chi connectivity index (χ2v) is 4.87. The predicted octanol–water partition coefficient (Wildman–Crippen LogP) is 3.27. The topological polar surface area (TPSA) is 75.6 Å². The molecule has 2 aromatic rings. The second kappa shape index (κ2) is 10.3. The summed E-state index contributed by atoms with van der Waals surface area (Å²) in [6.45, 7) is 8.14. The summed E-state index contributed by atoms with van der Waals surface area (Å²) in [5.74, 6) is 2.55. The maximum Gasteiger partial charge on any atom is 0.191 e. The van der Waals surface area contributed by atoms with E-state index in [0.717, 1.165) is 48.1 Å². The Balaban J connectivity index is 0.00000264. The molecule has 0 radical (unpaired) electrons. The fourth-order valence-corrected chi connectivity index (χ4v) is 2.20. The van der Waals surface area contributed by atoms with Crippen molar-refractivity contribution in [2.45, 2.75) is 46.7 Å². The zero-order valence-electron chi connectivity index (χ0n) is 13.9. The lowest BCUT2D eigenvalue weighted by Gasteiger charge is -2.10. The predicted molar refractivity (Wildman–Crippen MR) is 101 cm³/mol. The third-order valence-electron chi connectivity index (χ3n) is 3.36. The minimum Gasteiger partial charge on any atom is -0.467 e. The van der Waals surface area contributed by atoms with Crippen LogP contribution in [0.3, 0.4) is 0 Å². The lowest BCUT2D eigenvalue weighted by atomic mass is 10.1. The second-order valence-electron chi connectivity index (χ2n) is 4.87. The van der Waals surface area contributed by atoms with Crippen molar-refractivity contribution in [3.8, 4) is 0 Å². The van der Waals surface area contributed by atoms with Crippen molar-refractivity contribution in [2.24, 2.45) is 4.99 Å². The zero-order valence-corrected chi connectivity index (χ0v) is 16.2. The fraction of sp³-hybridized carbons (Fsp3) is 0.500. The van der Waals surface area contributed by atoms with Crippen LogP contribution in [0.25, 0.3) is 0 Å². The molecule has 2 rings (SSSR count). The Bertz CT molecular complexity index is 572. The van der Waals surface area contributed by atoms with E-state index in [1.165, 1.54) is 0 Å². The van der Waals surface area contributed by atoms with E-state index in [0.29, 0.717) is 13.1 Å². The van der Waals surface area contributed by atoms with Gasteiger partial charge in [0.25, 0.3) is 0 Å². The van der Waals surface area contributed by atoms with Gasteiger partial charge in [-0.05, 0) is 25.5 Å². The Morgan fingerprint density at radius 3 is 2.65 bits per heavy atom. The Morgan fingerprint density at radius 2 is 2.04 bits per heavy atom. The molecule has 0 bridgehead atoms. The third kappa shape index (κ3) is 5.56. The van der Waals surface area contributed by atoms with Crippen LogP contribution in [0.15, 0.2) is 32.3 Å². The van der Waals surface area contributed by atoms with Crippen molar-refractivity contribution in [2.75, 3.05) is 6.54 Å². The Labute approximate surface area is 154 Å². The highest BCUT2D eigenvalue weighted by Crippen LogP contribution is 2.16. The Morgan fingerprint density at radius 1 is 1.22 bits per heavy atom. The van der Waals surface area contributed by atoms with E-state index in [1.807, 2.05) is 19.1 Å². The normalized spacial score (nSPS) is 11.2. The van der Waals surface area contributed by atoms with Crippen LogP contribution in [0.4, 0.5) is 0 Å². The molecule has 0 saturated heterocycles. The molecule has 2 aromatic heterocycles. The molecule has 23 heavy (non-hydrogen) atoms. The standard InChI is InChI=1S/C16H24N4O2.HI/c1-4-14-13(15(5-2)22-20-14)11-19-16(17-6-3)18-10-12-8-7-9-21-12;/h7-9H,4-6,10-11H2,1-3H3,(H2,17,18,19);1H. The van der Waals surface area contributed by atoms with Gasteiger partial charge in [-0.3, -0.25) is 0 Å². The van der Waals surface area contributed by atoms with E-state index in [1.54, 1.807) is 6.26 Å². The van der Waals surface area contributed by atoms with Crippen LogP contribution in [0.1, 0.15) is 43.5 Å². The first-order chi connectivity index (χ1) is 10.8. The number of aromatic nitrogens is 1. The van der Waals surface area contributed by atoms with Crippen molar-refractivity contribution < 1.29 is 8.94 Å². The summed E-state index contributed by atoms with van der Waals surface area (Å²) < 4.78 is 10.7. The molecule has 0 fully saturated rings. The molecule has 7 heteroatoms. The van der Waals surface area contributed by atoms with Crippen LogP contribution in [0.5, 0.6) is 0 Å². The molecular weight excluding hydrogens is 407 g/mol. The summed E-state index contributed by atoms with van der Waals surface area (Å²) in [6.07, 6.45) is 3.35. The van der Waals surface area contributed by atoms with Crippen LogP contribution in [0, 0.1) is 0 Å². The molecule has 0 saturated carbocycles.